The molecule has 0 bridgehead atoms. The van der Waals surface area contributed by atoms with Gasteiger partial charge in [-0.2, -0.15) is 0 Å². The summed E-state index contributed by atoms with van der Waals surface area (Å²) in [6.07, 6.45) is 0.0937. The van der Waals surface area contributed by atoms with E-state index in [4.69, 9.17) is 25.2 Å². The first-order valence-corrected chi connectivity index (χ1v) is 4.52. The molecule has 1 aliphatic rings. The molecule has 54 valence electrons. The van der Waals surface area contributed by atoms with E-state index in [0.717, 1.165) is 0 Å². The predicted molar refractivity (Wildman–Crippen MR) is 35.8 cm³/mol. The van der Waals surface area contributed by atoms with Crippen LogP contribution < -0.4 is 0 Å². The molecular formula is C4H8ClO3P. The quantitative estimate of drug-likeness (QED) is 0.594. The van der Waals surface area contributed by atoms with Gasteiger partial charge in [0.1, 0.15) is 21.1 Å². The van der Waals surface area contributed by atoms with E-state index in [1.54, 1.807) is 0 Å². The zero-order chi connectivity index (χ0) is 6.53. The first-order chi connectivity index (χ1) is 4.43. The van der Waals surface area contributed by atoms with Crippen LogP contribution in [0.3, 0.4) is 0 Å². The van der Waals surface area contributed by atoms with Crippen molar-refractivity contribution in [2.45, 2.75) is 6.10 Å². The maximum Gasteiger partial charge on any atom is 0.147 e. The number of halogens is 1. The minimum absolute atomic E-state index is 0.0211. The van der Waals surface area contributed by atoms with Gasteiger partial charge in [-0.05, 0) is 0 Å². The molecule has 9 heavy (non-hydrogen) atoms. The van der Waals surface area contributed by atoms with E-state index in [0.29, 0.717) is 20.0 Å². The fourth-order valence-electron chi connectivity index (χ4n) is 0.593. The van der Waals surface area contributed by atoms with E-state index in [1.165, 1.54) is 0 Å². The van der Waals surface area contributed by atoms with Gasteiger partial charge in [0.2, 0.25) is 0 Å². The molecule has 0 aromatic rings. The van der Waals surface area contributed by atoms with Crippen LogP contribution in [-0.2, 0) is 14.0 Å². The van der Waals surface area contributed by atoms with E-state index in [2.05, 4.69) is 0 Å². The largest absolute Gasteiger partial charge is 0.353 e. The van der Waals surface area contributed by atoms with Crippen LogP contribution in [-0.4, -0.2) is 26.1 Å². The molecule has 1 fully saturated rings. The van der Waals surface area contributed by atoms with Gasteiger partial charge in [-0.15, -0.1) is 0 Å². The lowest BCUT2D eigenvalue weighted by Gasteiger charge is -2.03. The van der Waals surface area contributed by atoms with Gasteiger partial charge >= 0.3 is 0 Å². The summed E-state index contributed by atoms with van der Waals surface area (Å²) in [5.74, 6) is 0. The molecule has 0 aliphatic carbocycles. The highest BCUT2D eigenvalue weighted by molar-refractivity contribution is 7.64. The molecule has 2 unspecified atom stereocenters. The van der Waals surface area contributed by atoms with Gasteiger partial charge in [0.05, 0.1) is 13.2 Å². The Labute approximate surface area is 60.3 Å². The lowest BCUT2D eigenvalue weighted by atomic mass is 10.4. The molecule has 0 aromatic carbocycles. The average Bonchev–Trinajstić information content (AvgIpc) is 2.34. The summed E-state index contributed by atoms with van der Waals surface area (Å²) in [4.78, 5) is 0. The van der Waals surface area contributed by atoms with E-state index in [1.807, 2.05) is 0 Å². The molecular weight excluding hydrogens is 162 g/mol. The van der Waals surface area contributed by atoms with Gasteiger partial charge in [-0.1, -0.05) is 11.2 Å². The van der Waals surface area contributed by atoms with Crippen molar-refractivity contribution in [2.24, 2.45) is 0 Å². The second kappa shape index (κ2) is 4.42. The molecule has 1 heterocycles. The summed E-state index contributed by atoms with van der Waals surface area (Å²) in [7, 11) is 0.0211. The first-order valence-electron chi connectivity index (χ1n) is 2.60. The molecule has 0 N–H and O–H groups in total. The van der Waals surface area contributed by atoms with Crippen LogP contribution >= 0.6 is 19.4 Å². The fourth-order valence-corrected chi connectivity index (χ4v) is 1.03. The Morgan fingerprint density at radius 1 is 1.78 bits per heavy atom. The van der Waals surface area contributed by atoms with Crippen molar-refractivity contribution in [1.29, 1.82) is 0 Å². The zero-order valence-electron chi connectivity index (χ0n) is 4.80. The van der Waals surface area contributed by atoms with Gasteiger partial charge in [0.25, 0.3) is 0 Å². The highest BCUT2D eigenvalue weighted by Crippen LogP contribution is 2.18. The molecule has 5 heteroatoms. The average molecular weight is 171 g/mol. The van der Waals surface area contributed by atoms with Crippen molar-refractivity contribution in [3.8, 4) is 0 Å². The minimum Gasteiger partial charge on any atom is -0.353 e. The van der Waals surface area contributed by atoms with E-state index in [9.17, 15) is 0 Å². The first kappa shape index (κ1) is 7.70. The van der Waals surface area contributed by atoms with E-state index in [-0.39, 0.29) is 14.3 Å². The van der Waals surface area contributed by atoms with E-state index < -0.39 is 0 Å². The highest BCUT2D eigenvalue weighted by Gasteiger charge is 2.15. The highest BCUT2D eigenvalue weighted by atomic mass is 35.7. The SMILES string of the molecule is ClPOCC1COCO1. The lowest BCUT2D eigenvalue weighted by molar-refractivity contribution is 0.0344. The second-order valence-electron chi connectivity index (χ2n) is 1.67. The van der Waals surface area contributed by atoms with Crippen molar-refractivity contribution in [2.75, 3.05) is 20.0 Å². The third-order valence-electron chi connectivity index (χ3n) is 1.01. The molecule has 3 nitrogen and oxygen atoms in total. The van der Waals surface area contributed by atoms with Crippen LogP contribution in [0.15, 0.2) is 0 Å². The van der Waals surface area contributed by atoms with E-state index >= 15 is 0 Å². The number of ether oxygens (including phenoxy) is 2. The van der Waals surface area contributed by atoms with Crippen molar-refractivity contribution < 1.29 is 14.0 Å². The van der Waals surface area contributed by atoms with Gasteiger partial charge in [-0.25, -0.2) is 0 Å². The maximum absolute atomic E-state index is 5.29. The molecule has 1 saturated heterocycles. The normalized spacial score (nSPS) is 28.3. The van der Waals surface area contributed by atoms with Gasteiger partial charge in [0.15, 0.2) is 0 Å². The summed E-state index contributed by atoms with van der Waals surface area (Å²) >= 11 is 5.29. The fraction of sp³-hybridized carbons (Fsp3) is 1.00. The van der Waals surface area contributed by atoms with Crippen LogP contribution in [0, 0.1) is 0 Å². The van der Waals surface area contributed by atoms with Crippen molar-refractivity contribution >= 4 is 19.4 Å². The van der Waals surface area contributed by atoms with Gasteiger partial charge in [0, 0.05) is 0 Å². The predicted octanol–water partition coefficient (Wildman–Crippen LogP) is 1.12. The summed E-state index contributed by atoms with van der Waals surface area (Å²) in [6, 6.07) is 0. The summed E-state index contributed by atoms with van der Waals surface area (Å²) in [5, 5.41) is 0. The van der Waals surface area contributed by atoms with Gasteiger partial charge < -0.3 is 14.0 Å². The lowest BCUT2D eigenvalue weighted by Crippen LogP contribution is -2.14. The Morgan fingerprint density at radius 2 is 2.67 bits per heavy atom. The van der Waals surface area contributed by atoms with Gasteiger partial charge in [-0.3, -0.25) is 0 Å². The Balaban J connectivity index is 1.98. The molecule has 0 aromatic heterocycles. The number of rotatable bonds is 3. The smallest absolute Gasteiger partial charge is 0.147 e. The summed E-state index contributed by atoms with van der Waals surface area (Å²) in [6.45, 7) is 1.56. The van der Waals surface area contributed by atoms with Crippen molar-refractivity contribution in [3.63, 3.8) is 0 Å². The number of hydrogen-bond acceptors (Lipinski definition) is 3. The molecule has 0 spiro atoms. The monoisotopic (exact) mass is 170 g/mol. The van der Waals surface area contributed by atoms with Crippen LogP contribution in [0.4, 0.5) is 0 Å². The number of hydrogen-bond donors (Lipinski definition) is 0. The summed E-state index contributed by atoms with van der Waals surface area (Å²) in [5.41, 5.74) is 0. The molecule has 1 rings (SSSR count). The zero-order valence-corrected chi connectivity index (χ0v) is 6.56. The third-order valence-corrected chi connectivity index (χ3v) is 1.62. The maximum atomic E-state index is 5.29. The molecule has 0 amide bonds. The van der Waals surface area contributed by atoms with Crippen LogP contribution in [0.5, 0.6) is 0 Å². The third kappa shape index (κ3) is 2.78. The Kier molecular flexibility index (Phi) is 3.78. The Morgan fingerprint density at radius 3 is 3.22 bits per heavy atom. The Hall–Kier alpha value is 0.600. The van der Waals surface area contributed by atoms with Crippen molar-refractivity contribution in [3.05, 3.63) is 0 Å². The minimum atomic E-state index is 0.0211. The van der Waals surface area contributed by atoms with Crippen LogP contribution in [0.2, 0.25) is 0 Å². The Bertz CT molecular complexity index is 76.2. The second-order valence-corrected chi connectivity index (χ2v) is 2.57. The molecule has 0 saturated carbocycles. The molecule has 2 atom stereocenters. The summed E-state index contributed by atoms with van der Waals surface area (Å²) < 4.78 is 14.9. The van der Waals surface area contributed by atoms with Crippen molar-refractivity contribution in [1.82, 2.24) is 0 Å². The molecule has 1 aliphatic heterocycles. The molecule has 0 radical (unpaired) electrons. The van der Waals surface area contributed by atoms with Crippen LogP contribution in [0.25, 0.3) is 0 Å². The topological polar surface area (TPSA) is 27.7 Å². The van der Waals surface area contributed by atoms with Crippen LogP contribution in [0.1, 0.15) is 0 Å². The standard InChI is InChI=1S/C4H8ClO3P/c5-9-8-2-4-1-6-3-7-4/h4,9H,1-3H2.